The highest BCUT2D eigenvalue weighted by atomic mass is 16.4. The molecule has 0 spiro atoms. The molecular formula is C8H13NO3. The second-order valence-corrected chi connectivity index (χ2v) is 3.30. The van der Waals surface area contributed by atoms with E-state index in [-0.39, 0.29) is 17.7 Å². The largest absolute Gasteiger partial charge is 0.481 e. The van der Waals surface area contributed by atoms with Crippen molar-refractivity contribution in [2.75, 3.05) is 0 Å². The lowest BCUT2D eigenvalue weighted by atomic mass is 9.81. The van der Waals surface area contributed by atoms with Gasteiger partial charge in [0.05, 0.1) is 5.92 Å². The van der Waals surface area contributed by atoms with Gasteiger partial charge >= 0.3 is 5.97 Å². The number of carbonyl (C=O) groups excluding carboxylic acids is 1. The van der Waals surface area contributed by atoms with Gasteiger partial charge in [-0.25, -0.2) is 0 Å². The van der Waals surface area contributed by atoms with Gasteiger partial charge in [-0.15, -0.1) is 0 Å². The van der Waals surface area contributed by atoms with E-state index in [0.717, 1.165) is 12.8 Å². The zero-order valence-corrected chi connectivity index (χ0v) is 6.82. The summed E-state index contributed by atoms with van der Waals surface area (Å²) in [5.41, 5.74) is 5.10. The van der Waals surface area contributed by atoms with E-state index in [1.54, 1.807) is 0 Å². The van der Waals surface area contributed by atoms with E-state index in [2.05, 4.69) is 0 Å². The Hall–Kier alpha value is -1.06. The van der Waals surface area contributed by atoms with Gasteiger partial charge in [-0.1, -0.05) is 6.42 Å². The summed E-state index contributed by atoms with van der Waals surface area (Å²) >= 11 is 0. The molecule has 0 bridgehead atoms. The molecule has 68 valence electrons. The van der Waals surface area contributed by atoms with Crippen molar-refractivity contribution in [1.82, 2.24) is 0 Å². The average Bonchev–Trinajstić information content (AvgIpc) is 2.04. The lowest BCUT2D eigenvalue weighted by Crippen LogP contribution is -2.31. The third kappa shape index (κ3) is 1.96. The molecule has 1 rings (SSSR count). The maximum absolute atomic E-state index is 10.8. The van der Waals surface area contributed by atoms with Crippen molar-refractivity contribution >= 4 is 11.9 Å². The number of amides is 1. The fraction of sp³-hybridized carbons (Fsp3) is 0.750. The molecule has 0 saturated heterocycles. The molecular weight excluding hydrogens is 158 g/mol. The summed E-state index contributed by atoms with van der Waals surface area (Å²) < 4.78 is 0. The number of primary amides is 1. The van der Waals surface area contributed by atoms with Gasteiger partial charge in [-0.05, 0) is 19.3 Å². The fourth-order valence-electron chi connectivity index (χ4n) is 1.67. The Bertz CT molecular complexity index is 182. The second kappa shape index (κ2) is 3.56. The molecule has 0 radical (unpaired) electrons. The van der Waals surface area contributed by atoms with Gasteiger partial charge in [-0.3, -0.25) is 9.59 Å². The summed E-state index contributed by atoms with van der Waals surface area (Å²) in [6.07, 6.45) is 2.65. The summed E-state index contributed by atoms with van der Waals surface area (Å²) in [5, 5.41) is 8.69. The van der Waals surface area contributed by atoms with Gasteiger partial charge in [0.2, 0.25) is 5.91 Å². The van der Waals surface area contributed by atoms with Crippen LogP contribution in [0.15, 0.2) is 0 Å². The molecule has 1 aliphatic rings. The van der Waals surface area contributed by atoms with Crippen molar-refractivity contribution in [3.63, 3.8) is 0 Å². The zero-order valence-electron chi connectivity index (χ0n) is 6.82. The highest BCUT2D eigenvalue weighted by Gasteiger charge is 2.29. The molecule has 0 aromatic rings. The highest BCUT2D eigenvalue weighted by molar-refractivity contribution is 5.78. The van der Waals surface area contributed by atoms with Crippen LogP contribution in [-0.4, -0.2) is 17.0 Å². The minimum Gasteiger partial charge on any atom is -0.481 e. The molecule has 3 N–H and O–H groups in total. The van der Waals surface area contributed by atoms with Gasteiger partial charge in [0.1, 0.15) is 0 Å². The highest BCUT2D eigenvalue weighted by Crippen LogP contribution is 2.28. The van der Waals surface area contributed by atoms with Crippen LogP contribution in [0.2, 0.25) is 0 Å². The van der Waals surface area contributed by atoms with E-state index in [4.69, 9.17) is 10.8 Å². The van der Waals surface area contributed by atoms with Gasteiger partial charge in [0.15, 0.2) is 0 Å². The number of hydrogen-bond donors (Lipinski definition) is 2. The normalized spacial score (nSPS) is 29.7. The molecule has 0 aliphatic heterocycles. The molecule has 0 heterocycles. The Morgan fingerprint density at radius 1 is 1.25 bits per heavy atom. The maximum Gasteiger partial charge on any atom is 0.306 e. The molecule has 0 aromatic heterocycles. The first-order valence-corrected chi connectivity index (χ1v) is 4.13. The molecule has 1 fully saturated rings. The minimum absolute atomic E-state index is 0.222. The summed E-state index contributed by atoms with van der Waals surface area (Å²) in [6.45, 7) is 0. The van der Waals surface area contributed by atoms with Crippen LogP contribution in [0.5, 0.6) is 0 Å². The quantitative estimate of drug-likeness (QED) is 0.629. The number of carboxylic acids is 1. The van der Waals surface area contributed by atoms with Crippen LogP contribution < -0.4 is 5.73 Å². The number of carbonyl (C=O) groups is 2. The smallest absolute Gasteiger partial charge is 0.306 e. The minimum atomic E-state index is -0.805. The number of nitrogens with two attached hydrogens (primary N) is 1. The van der Waals surface area contributed by atoms with Gasteiger partial charge in [-0.2, -0.15) is 0 Å². The van der Waals surface area contributed by atoms with Crippen molar-refractivity contribution in [3.05, 3.63) is 0 Å². The molecule has 0 aromatic carbocycles. The molecule has 4 heteroatoms. The molecule has 1 aliphatic carbocycles. The molecule has 1 amide bonds. The molecule has 2 atom stereocenters. The standard InChI is InChI=1S/C8H13NO3/c9-7(10)5-2-1-3-6(4-5)8(11)12/h5-6H,1-4H2,(H2,9,10)(H,11,12)/t5-,6+/m0/s1. The number of hydrogen-bond acceptors (Lipinski definition) is 2. The first-order chi connectivity index (χ1) is 5.61. The lowest BCUT2D eigenvalue weighted by molar-refractivity contribution is -0.143. The van der Waals surface area contributed by atoms with E-state index in [1.807, 2.05) is 0 Å². The van der Waals surface area contributed by atoms with Crippen LogP contribution in [0.1, 0.15) is 25.7 Å². The topological polar surface area (TPSA) is 80.4 Å². The first kappa shape index (κ1) is 9.03. The Labute approximate surface area is 70.7 Å². The zero-order chi connectivity index (χ0) is 9.14. The van der Waals surface area contributed by atoms with Gasteiger partial charge in [0, 0.05) is 5.92 Å². The Morgan fingerprint density at radius 2 is 1.83 bits per heavy atom. The number of rotatable bonds is 2. The van der Waals surface area contributed by atoms with Crippen LogP contribution in [0.25, 0.3) is 0 Å². The molecule has 0 unspecified atom stereocenters. The third-order valence-electron chi connectivity index (χ3n) is 2.43. The predicted molar refractivity (Wildman–Crippen MR) is 42.3 cm³/mol. The Morgan fingerprint density at radius 3 is 2.33 bits per heavy atom. The lowest BCUT2D eigenvalue weighted by Gasteiger charge is -2.23. The molecule has 12 heavy (non-hydrogen) atoms. The first-order valence-electron chi connectivity index (χ1n) is 4.13. The summed E-state index contributed by atoms with van der Waals surface area (Å²) in [6, 6.07) is 0. The van der Waals surface area contributed by atoms with E-state index in [0.29, 0.717) is 12.8 Å². The molecule has 1 saturated carbocycles. The number of carboxylic acid groups (broad SMARTS) is 1. The summed E-state index contributed by atoms with van der Waals surface area (Å²) in [7, 11) is 0. The van der Waals surface area contributed by atoms with Crippen LogP contribution in [0.4, 0.5) is 0 Å². The average molecular weight is 171 g/mol. The third-order valence-corrected chi connectivity index (χ3v) is 2.43. The van der Waals surface area contributed by atoms with Crippen LogP contribution in [0.3, 0.4) is 0 Å². The van der Waals surface area contributed by atoms with E-state index in [9.17, 15) is 9.59 Å². The van der Waals surface area contributed by atoms with Gasteiger partial charge in [0.25, 0.3) is 0 Å². The monoisotopic (exact) mass is 171 g/mol. The fourth-order valence-corrected chi connectivity index (χ4v) is 1.67. The Kier molecular flexibility index (Phi) is 2.68. The molecule has 4 nitrogen and oxygen atoms in total. The van der Waals surface area contributed by atoms with Crippen LogP contribution in [-0.2, 0) is 9.59 Å². The van der Waals surface area contributed by atoms with Crippen molar-refractivity contribution in [3.8, 4) is 0 Å². The van der Waals surface area contributed by atoms with Crippen LogP contribution in [0, 0.1) is 11.8 Å². The SMILES string of the molecule is NC(=O)[C@H]1CCC[C@@H](C(=O)O)C1. The number of aliphatic carboxylic acids is 1. The van der Waals surface area contributed by atoms with Crippen molar-refractivity contribution in [2.45, 2.75) is 25.7 Å². The Balaban J connectivity index is 2.51. The van der Waals surface area contributed by atoms with Crippen LogP contribution >= 0.6 is 0 Å². The predicted octanol–water partition coefficient (Wildman–Crippen LogP) is 0.363. The van der Waals surface area contributed by atoms with Crippen molar-refractivity contribution < 1.29 is 14.7 Å². The van der Waals surface area contributed by atoms with E-state index in [1.165, 1.54) is 0 Å². The van der Waals surface area contributed by atoms with E-state index < -0.39 is 5.97 Å². The summed E-state index contributed by atoms with van der Waals surface area (Å²) in [5.74, 6) is -1.75. The second-order valence-electron chi connectivity index (χ2n) is 3.30. The van der Waals surface area contributed by atoms with Crippen molar-refractivity contribution in [2.24, 2.45) is 17.6 Å². The summed E-state index contributed by atoms with van der Waals surface area (Å²) in [4.78, 5) is 21.3. The van der Waals surface area contributed by atoms with E-state index >= 15 is 0 Å². The maximum atomic E-state index is 10.8. The van der Waals surface area contributed by atoms with Gasteiger partial charge < -0.3 is 10.8 Å². The van der Waals surface area contributed by atoms with Crippen molar-refractivity contribution in [1.29, 1.82) is 0 Å².